The molecule has 1 aromatic heterocycles. The Morgan fingerprint density at radius 3 is 2.94 bits per heavy atom. The monoisotopic (exact) mass is 257 g/mol. The first kappa shape index (κ1) is 12.4. The molecule has 94 valence electrons. The van der Waals surface area contributed by atoms with Gasteiger partial charge in [0.05, 0.1) is 24.4 Å². The molecule has 1 fully saturated rings. The summed E-state index contributed by atoms with van der Waals surface area (Å²) >= 11 is 5.92. The Bertz CT molecular complexity index is 395. The molecule has 0 radical (unpaired) electrons. The third-order valence-electron chi connectivity index (χ3n) is 2.76. The van der Waals surface area contributed by atoms with E-state index in [-0.39, 0.29) is 12.0 Å². The van der Waals surface area contributed by atoms with Crippen LogP contribution in [0.2, 0.25) is 5.02 Å². The van der Waals surface area contributed by atoms with Gasteiger partial charge in [0.15, 0.2) is 0 Å². The van der Waals surface area contributed by atoms with Crippen LogP contribution in [0.15, 0.2) is 6.20 Å². The minimum absolute atomic E-state index is 0.263. The summed E-state index contributed by atoms with van der Waals surface area (Å²) in [7, 11) is 1.39. The van der Waals surface area contributed by atoms with E-state index >= 15 is 0 Å². The van der Waals surface area contributed by atoms with E-state index in [1.807, 2.05) is 6.92 Å². The number of rotatable bonds is 5. The fraction of sp³-hybridized carbons (Fsp3) is 0.636. The van der Waals surface area contributed by atoms with Crippen molar-refractivity contribution in [3.63, 3.8) is 0 Å². The molecule has 0 amide bonds. The number of nitrogens with zero attached hydrogens (tertiary/aromatic N) is 2. The van der Waals surface area contributed by atoms with E-state index in [2.05, 4.69) is 10.4 Å². The molecule has 1 aliphatic rings. The predicted molar refractivity (Wildman–Crippen MR) is 63.9 cm³/mol. The normalized spacial score (nSPS) is 16.9. The Hall–Kier alpha value is -1.07. The van der Waals surface area contributed by atoms with Crippen LogP contribution >= 0.6 is 11.6 Å². The lowest BCUT2D eigenvalue weighted by molar-refractivity contribution is -0.143. The number of hydrogen-bond donors (Lipinski definition) is 1. The highest BCUT2D eigenvalue weighted by molar-refractivity contribution is 6.31. The molecule has 0 saturated heterocycles. The van der Waals surface area contributed by atoms with Gasteiger partial charge in [-0.2, -0.15) is 5.10 Å². The van der Waals surface area contributed by atoms with E-state index in [4.69, 9.17) is 16.3 Å². The van der Waals surface area contributed by atoms with Gasteiger partial charge in [-0.3, -0.25) is 9.48 Å². The van der Waals surface area contributed by atoms with E-state index in [9.17, 15) is 4.79 Å². The largest absolute Gasteiger partial charge is 0.468 e. The van der Waals surface area contributed by atoms with Gasteiger partial charge in [0.1, 0.15) is 6.04 Å². The third-order valence-corrected chi connectivity index (χ3v) is 3.13. The summed E-state index contributed by atoms with van der Waals surface area (Å²) < 4.78 is 6.45. The highest BCUT2D eigenvalue weighted by Crippen LogP contribution is 2.20. The predicted octanol–water partition coefficient (Wildman–Crippen LogP) is 1.14. The molecule has 5 nitrogen and oxygen atoms in total. The summed E-state index contributed by atoms with van der Waals surface area (Å²) in [4.78, 5) is 11.6. The maximum absolute atomic E-state index is 11.6. The highest BCUT2D eigenvalue weighted by atomic mass is 35.5. The van der Waals surface area contributed by atoms with Gasteiger partial charge in [0, 0.05) is 12.2 Å². The molecule has 1 N–H and O–H groups in total. The number of esters is 1. The van der Waals surface area contributed by atoms with Crippen molar-refractivity contribution in [3.8, 4) is 0 Å². The number of methoxy groups -OCH3 is 1. The van der Waals surface area contributed by atoms with E-state index in [0.29, 0.717) is 17.6 Å². The molecule has 0 bridgehead atoms. The molecule has 0 aromatic carbocycles. The fourth-order valence-electron chi connectivity index (χ4n) is 1.65. The molecule has 1 atom stereocenters. The third kappa shape index (κ3) is 3.20. The molecule has 1 saturated carbocycles. The number of hydrogen-bond acceptors (Lipinski definition) is 4. The Kier molecular flexibility index (Phi) is 3.69. The number of halogens is 1. The van der Waals surface area contributed by atoms with Gasteiger partial charge >= 0.3 is 5.97 Å². The molecule has 1 unspecified atom stereocenters. The quantitative estimate of drug-likeness (QED) is 0.804. The van der Waals surface area contributed by atoms with Crippen LogP contribution in [0.5, 0.6) is 0 Å². The summed E-state index contributed by atoms with van der Waals surface area (Å²) in [6.07, 6.45) is 3.96. The second kappa shape index (κ2) is 5.06. The van der Waals surface area contributed by atoms with Crippen LogP contribution in [0, 0.1) is 6.92 Å². The number of carbonyl (C=O) groups excluding carboxylic acids is 1. The Morgan fingerprint density at radius 2 is 2.47 bits per heavy atom. The lowest BCUT2D eigenvalue weighted by Gasteiger charge is -2.15. The van der Waals surface area contributed by atoms with Crippen molar-refractivity contribution in [3.05, 3.63) is 16.9 Å². The van der Waals surface area contributed by atoms with Crippen molar-refractivity contribution in [2.75, 3.05) is 7.11 Å². The minimum atomic E-state index is -0.358. The number of aryl methyl sites for hydroxylation is 1. The van der Waals surface area contributed by atoms with E-state index in [1.165, 1.54) is 7.11 Å². The first-order valence-electron chi connectivity index (χ1n) is 5.63. The van der Waals surface area contributed by atoms with Crippen LogP contribution in [-0.4, -0.2) is 34.9 Å². The summed E-state index contributed by atoms with van der Waals surface area (Å²) in [5.41, 5.74) is 0.765. The molecule has 0 aliphatic heterocycles. The Morgan fingerprint density at radius 1 is 1.76 bits per heavy atom. The molecule has 6 heteroatoms. The van der Waals surface area contributed by atoms with Crippen molar-refractivity contribution < 1.29 is 9.53 Å². The van der Waals surface area contributed by atoms with Crippen LogP contribution in [0.3, 0.4) is 0 Å². The Balaban J connectivity index is 2.02. The number of ether oxygens (including phenoxy) is 1. The zero-order valence-corrected chi connectivity index (χ0v) is 10.7. The van der Waals surface area contributed by atoms with Gasteiger partial charge in [-0.15, -0.1) is 0 Å². The molecule has 2 rings (SSSR count). The SMILES string of the molecule is COC(=O)C(Cn1cc(Cl)c(C)n1)NC1CC1. The van der Waals surface area contributed by atoms with E-state index in [1.54, 1.807) is 10.9 Å². The maximum Gasteiger partial charge on any atom is 0.324 e. The molecule has 1 aromatic rings. The van der Waals surface area contributed by atoms with Crippen LogP contribution in [-0.2, 0) is 16.1 Å². The average Bonchev–Trinajstić information content (AvgIpc) is 3.05. The topological polar surface area (TPSA) is 56.2 Å². The lowest BCUT2D eigenvalue weighted by Crippen LogP contribution is -2.42. The number of aromatic nitrogens is 2. The van der Waals surface area contributed by atoms with Gasteiger partial charge in [0.2, 0.25) is 0 Å². The molecule has 17 heavy (non-hydrogen) atoms. The average molecular weight is 258 g/mol. The molecular weight excluding hydrogens is 242 g/mol. The summed E-state index contributed by atoms with van der Waals surface area (Å²) in [5.74, 6) is -0.263. The summed E-state index contributed by atoms with van der Waals surface area (Å²) in [5, 5.41) is 8.08. The zero-order valence-electron chi connectivity index (χ0n) is 9.94. The van der Waals surface area contributed by atoms with Crippen molar-refractivity contribution >= 4 is 17.6 Å². The van der Waals surface area contributed by atoms with E-state index in [0.717, 1.165) is 18.5 Å². The molecular formula is C11H16ClN3O2. The van der Waals surface area contributed by atoms with Crippen LogP contribution in [0.4, 0.5) is 0 Å². The highest BCUT2D eigenvalue weighted by Gasteiger charge is 2.29. The maximum atomic E-state index is 11.6. The number of carbonyl (C=O) groups is 1. The molecule has 1 aliphatic carbocycles. The van der Waals surface area contributed by atoms with Crippen molar-refractivity contribution in [2.24, 2.45) is 0 Å². The fourth-order valence-corrected chi connectivity index (χ4v) is 1.80. The van der Waals surface area contributed by atoms with Crippen LogP contribution in [0.1, 0.15) is 18.5 Å². The minimum Gasteiger partial charge on any atom is -0.468 e. The second-order valence-electron chi connectivity index (χ2n) is 4.30. The van der Waals surface area contributed by atoms with Crippen LogP contribution in [0.25, 0.3) is 0 Å². The summed E-state index contributed by atoms with van der Waals surface area (Å²) in [6, 6.07) is 0.0779. The van der Waals surface area contributed by atoms with Gasteiger partial charge in [-0.25, -0.2) is 0 Å². The first-order chi connectivity index (χ1) is 8.10. The van der Waals surface area contributed by atoms with Crippen molar-refractivity contribution in [1.29, 1.82) is 0 Å². The van der Waals surface area contributed by atoms with Gasteiger partial charge in [-0.05, 0) is 19.8 Å². The standard InChI is InChI=1S/C11H16ClN3O2/c1-7-9(12)5-15(14-7)6-10(11(16)17-2)13-8-3-4-8/h5,8,10,13H,3-4,6H2,1-2H3. The van der Waals surface area contributed by atoms with Gasteiger partial charge in [-0.1, -0.05) is 11.6 Å². The second-order valence-corrected chi connectivity index (χ2v) is 4.71. The lowest BCUT2D eigenvalue weighted by atomic mass is 10.3. The van der Waals surface area contributed by atoms with E-state index < -0.39 is 0 Å². The van der Waals surface area contributed by atoms with Gasteiger partial charge < -0.3 is 10.1 Å². The van der Waals surface area contributed by atoms with Crippen molar-refractivity contribution in [2.45, 2.75) is 38.4 Å². The van der Waals surface area contributed by atoms with Crippen molar-refractivity contribution in [1.82, 2.24) is 15.1 Å². The van der Waals surface area contributed by atoms with Crippen LogP contribution < -0.4 is 5.32 Å². The smallest absolute Gasteiger partial charge is 0.324 e. The number of nitrogens with one attached hydrogen (secondary N) is 1. The molecule has 0 spiro atoms. The first-order valence-corrected chi connectivity index (χ1v) is 6.01. The Labute approximate surface area is 105 Å². The molecule has 1 heterocycles. The zero-order chi connectivity index (χ0) is 12.4. The van der Waals surface area contributed by atoms with Gasteiger partial charge in [0.25, 0.3) is 0 Å². The summed E-state index contributed by atoms with van der Waals surface area (Å²) in [6.45, 7) is 2.27.